The van der Waals surface area contributed by atoms with Crippen molar-refractivity contribution in [1.82, 2.24) is 20.4 Å². The van der Waals surface area contributed by atoms with E-state index < -0.39 is 0 Å². The molecule has 1 heterocycles. The molecule has 2 N–H and O–H groups in total. The summed E-state index contributed by atoms with van der Waals surface area (Å²) in [5, 5.41) is 5.90. The summed E-state index contributed by atoms with van der Waals surface area (Å²) in [6.07, 6.45) is 0. The Morgan fingerprint density at radius 2 is 1.76 bits per heavy atom. The molecule has 0 aliphatic carbocycles. The van der Waals surface area contributed by atoms with Crippen molar-refractivity contribution in [2.45, 2.75) is 6.54 Å². The molecule has 21 heavy (non-hydrogen) atoms. The molecule has 1 saturated heterocycles. The Kier molecular flexibility index (Phi) is 6.17. The van der Waals surface area contributed by atoms with Crippen LogP contribution in [-0.2, 0) is 6.54 Å². The molecule has 0 atom stereocenters. The van der Waals surface area contributed by atoms with Crippen molar-refractivity contribution in [3.63, 3.8) is 0 Å². The third-order valence-corrected chi connectivity index (χ3v) is 3.88. The van der Waals surface area contributed by atoms with Crippen molar-refractivity contribution in [2.75, 3.05) is 53.4 Å². The van der Waals surface area contributed by atoms with Gasteiger partial charge in [0.05, 0.1) is 0 Å². The molecule has 5 heteroatoms. The van der Waals surface area contributed by atoms with Crippen LogP contribution in [0.25, 0.3) is 0 Å². The molecule has 2 rings (SSSR count). The fraction of sp³-hybridized carbons (Fsp3) is 0.562. The van der Waals surface area contributed by atoms with Crippen molar-refractivity contribution in [3.05, 3.63) is 35.4 Å². The minimum atomic E-state index is -0.00334. The zero-order valence-corrected chi connectivity index (χ0v) is 13.1. The Hall–Kier alpha value is -1.43. The number of hydrogen-bond donors (Lipinski definition) is 2. The number of amides is 1. The van der Waals surface area contributed by atoms with Gasteiger partial charge in [-0.25, -0.2) is 0 Å². The van der Waals surface area contributed by atoms with Crippen LogP contribution in [0, 0.1) is 0 Å². The van der Waals surface area contributed by atoms with E-state index in [1.54, 1.807) is 0 Å². The van der Waals surface area contributed by atoms with Crippen LogP contribution in [0.4, 0.5) is 0 Å². The van der Waals surface area contributed by atoms with E-state index in [-0.39, 0.29) is 5.91 Å². The number of nitrogens with one attached hydrogen (secondary N) is 2. The zero-order valence-electron chi connectivity index (χ0n) is 13.1. The fourth-order valence-electron chi connectivity index (χ4n) is 2.43. The van der Waals surface area contributed by atoms with Gasteiger partial charge in [0.15, 0.2) is 0 Å². The summed E-state index contributed by atoms with van der Waals surface area (Å²) in [5.41, 5.74) is 2.00. The number of rotatable bonds is 6. The van der Waals surface area contributed by atoms with E-state index in [0.29, 0.717) is 6.54 Å². The Bertz CT molecular complexity index is 438. The Balaban J connectivity index is 1.82. The molecular weight excluding hydrogens is 264 g/mol. The zero-order chi connectivity index (χ0) is 15.1. The predicted molar refractivity (Wildman–Crippen MR) is 85.5 cm³/mol. The molecule has 1 aromatic carbocycles. The van der Waals surface area contributed by atoms with Crippen molar-refractivity contribution in [3.8, 4) is 0 Å². The van der Waals surface area contributed by atoms with E-state index >= 15 is 0 Å². The summed E-state index contributed by atoms with van der Waals surface area (Å²) >= 11 is 0. The number of hydrogen-bond acceptors (Lipinski definition) is 4. The average molecular weight is 290 g/mol. The molecule has 0 unspecified atom stereocenters. The molecule has 5 nitrogen and oxygen atoms in total. The largest absolute Gasteiger partial charge is 0.351 e. The highest BCUT2D eigenvalue weighted by Gasteiger charge is 2.14. The first kappa shape index (κ1) is 15.9. The lowest BCUT2D eigenvalue weighted by atomic mass is 10.1. The maximum Gasteiger partial charge on any atom is 0.251 e. The summed E-state index contributed by atoms with van der Waals surface area (Å²) < 4.78 is 0. The van der Waals surface area contributed by atoms with Gasteiger partial charge in [0.2, 0.25) is 0 Å². The molecule has 0 saturated carbocycles. The number of carbonyl (C=O) groups is 1. The van der Waals surface area contributed by atoms with Gasteiger partial charge in [-0.2, -0.15) is 0 Å². The highest BCUT2D eigenvalue weighted by molar-refractivity contribution is 5.94. The minimum Gasteiger partial charge on any atom is -0.351 e. The van der Waals surface area contributed by atoms with Crippen LogP contribution < -0.4 is 10.6 Å². The normalized spacial score (nSPS) is 16.9. The number of carbonyl (C=O) groups excluding carboxylic acids is 1. The van der Waals surface area contributed by atoms with Crippen molar-refractivity contribution >= 4 is 5.91 Å². The van der Waals surface area contributed by atoms with Gasteiger partial charge in [-0.05, 0) is 31.8 Å². The van der Waals surface area contributed by atoms with Gasteiger partial charge in [-0.1, -0.05) is 12.1 Å². The molecule has 0 spiro atoms. The highest BCUT2D eigenvalue weighted by Crippen LogP contribution is 2.09. The molecule has 1 fully saturated rings. The maximum absolute atomic E-state index is 11.9. The molecule has 0 bridgehead atoms. The molecule has 1 aliphatic heterocycles. The van der Waals surface area contributed by atoms with Gasteiger partial charge >= 0.3 is 0 Å². The van der Waals surface area contributed by atoms with Crippen LogP contribution >= 0.6 is 0 Å². The second-order valence-electron chi connectivity index (χ2n) is 5.64. The maximum atomic E-state index is 11.9. The van der Waals surface area contributed by atoms with Gasteiger partial charge < -0.3 is 15.5 Å². The Labute approximate surface area is 127 Å². The topological polar surface area (TPSA) is 47.6 Å². The second kappa shape index (κ2) is 8.12. The number of benzene rings is 1. The smallest absolute Gasteiger partial charge is 0.251 e. The fourth-order valence-corrected chi connectivity index (χ4v) is 2.43. The predicted octanol–water partition coefficient (Wildman–Crippen LogP) is 0.383. The molecular formula is C16H26N4O. The second-order valence-corrected chi connectivity index (χ2v) is 5.64. The molecule has 1 aliphatic rings. The standard InChI is InChI=1S/C16H26N4O/c1-17-7-8-18-16(21)15-5-3-14(4-6-15)13-20-11-9-19(2)10-12-20/h3-6,17H,7-13H2,1-2H3,(H,18,21). The summed E-state index contributed by atoms with van der Waals surface area (Å²) in [7, 11) is 4.04. The summed E-state index contributed by atoms with van der Waals surface area (Å²) in [6, 6.07) is 7.96. The lowest BCUT2D eigenvalue weighted by Crippen LogP contribution is -2.43. The van der Waals surface area contributed by atoms with Crippen molar-refractivity contribution in [1.29, 1.82) is 0 Å². The first-order valence-electron chi connectivity index (χ1n) is 7.61. The van der Waals surface area contributed by atoms with Crippen molar-refractivity contribution in [2.24, 2.45) is 0 Å². The van der Waals surface area contributed by atoms with Crippen LogP contribution in [0.1, 0.15) is 15.9 Å². The van der Waals surface area contributed by atoms with E-state index in [4.69, 9.17) is 0 Å². The van der Waals surface area contributed by atoms with Crippen LogP contribution in [0.15, 0.2) is 24.3 Å². The lowest BCUT2D eigenvalue weighted by Gasteiger charge is -2.32. The monoisotopic (exact) mass is 290 g/mol. The quantitative estimate of drug-likeness (QED) is 0.744. The molecule has 1 aromatic rings. The van der Waals surface area contributed by atoms with Gasteiger partial charge in [-0.15, -0.1) is 0 Å². The van der Waals surface area contributed by atoms with Crippen molar-refractivity contribution < 1.29 is 4.79 Å². The van der Waals surface area contributed by atoms with E-state index in [1.807, 2.05) is 19.2 Å². The van der Waals surface area contributed by atoms with Gasteiger partial charge in [0.1, 0.15) is 0 Å². The number of nitrogens with zero attached hydrogens (tertiary/aromatic N) is 2. The van der Waals surface area contributed by atoms with Gasteiger partial charge in [0.25, 0.3) is 5.91 Å². The third kappa shape index (κ3) is 5.12. The molecule has 0 aromatic heterocycles. The van der Waals surface area contributed by atoms with Gasteiger partial charge in [-0.3, -0.25) is 9.69 Å². The number of piperazine rings is 1. The first-order valence-corrected chi connectivity index (χ1v) is 7.61. The van der Waals surface area contributed by atoms with E-state index in [0.717, 1.165) is 44.8 Å². The number of likely N-dealkylation sites (N-methyl/N-ethyl adjacent to an activating group) is 2. The lowest BCUT2D eigenvalue weighted by molar-refractivity contribution is 0.0954. The SMILES string of the molecule is CNCCNC(=O)c1ccc(CN2CCN(C)CC2)cc1. The molecule has 116 valence electrons. The van der Waals surface area contributed by atoms with Crippen LogP contribution in [0.2, 0.25) is 0 Å². The van der Waals surface area contributed by atoms with E-state index in [9.17, 15) is 4.79 Å². The Morgan fingerprint density at radius 1 is 1.10 bits per heavy atom. The summed E-state index contributed by atoms with van der Waals surface area (Å²) in [6.45, 7) is 6.89. The van der Waals surface area contributed by atoms with Crippen LogP contribution in [0.3, 0.4) is 0 Å². The first-order chi connectivity index (χ1) is 10.2. The Morgan fingerprint density at radius 3 is 2.38 bits per heavy atom. The van der Waals surface area contributed by atoms with Gasteiger partial charge in [0, 0.05) is 51.4 Å². The molecule has 0 radical (unpaired) electrons. The van der Waals surface area contributed by atoms with Crippen LogP contribution in [-0.4, -0.2) is 69.1 Å². The highest BCUT2D eigenvalue weighted by atomic mass is 16.1. The van der Waals surface area contributed by atoms with E-state index in [2.05, 4.69) is 39.6 Å². The summed E-state index contributed by atoms with van der Waals surface area (Å²) in [4.78, 5) is 16.7. The third-order valence-electron chi connectivity index (χ3n) is 3.88. The van der Waals surface area contributed by atoms with E-state index in [1.165, 1.54) is 5.56 Å². The average Bonchev–Trinajstić information content (AvgIpc) is 2.50. The van der Waals surface area contributed by atoms with Crippen LogP contribution in [0.5, 0.6) is 0 Å². The molecule has 1 amide bonds. The summed E-state index contributed by atoms with van der Waals surface area (Å²) in [5.74, 6) is -0.00334. The minimum absolute atomic E-state index is 0.00334.